The summed E-state index contributed by atoms with van der Waals surface area (Å²) >= 11 is 0. The van der Waals surface area contributed by atoms with E-state index in [0.717, 1.165) is 50.2 Å². The van der Waals surface area contributed by atoms with E-state index >= 15 is 0 Å². The Morgan fingerprint density at radius 3 is 3.00 bits per heavy atom. The van der Waals surface area contributed by atoms with Crippen LogP contribution < -0.4 is 5.32 Å². The number of urea groups is 1. The van der Waals surface area contributed by atoms with Gasteiger partial charge in [-0.1, -0.05) is 0 Å². The summed E-state index contributed by atoms with van der Waals surface area (Å²) in [6.45, 7) is 2.30. The standard InChI is InChI=1S/C17H26N6O/c1-21-9-7-18-16(21)10-14-4-3-8-23(13-14)17(24)19-6-5-15-11-20-22(2)12-15/h7,9,11-12,14H,3-6,8,10,13H2,1-2H3,(H,19,24)/t14-/m0/s1. The van der Waals surface area contributed by atoms with Crippen molar-refractivity contribution >= 4 is 6.03 Å². The Balaban J connectivity index is 1.45. The zero-order valence-electron chi connectivity index (χ0n) is 14.5. The average Bonchev–Trinajstić information content (AvgIpc) is 3.16. The molecule has 0 aliphatic carbocycles. The topological polar surface area (TPSA) is 68.0 Å². The third-order valence-electron chi connectivity index (χ3n) is 4.65. The van der Waals surface area contributed by atoms with Gasteiger partial charge in [-0.25, -0.2) is 9.78 Å². The van der Waals surface area contributed by atoms with Crippen LogP contribution in [-0.4, -0.2) is 49.9 Å². The molecule has 0 aromatic carbocycles. The van der Waals surface area contributed by atoms with Crippen molar-refractivity contribution in [3.63, 3.8) is 0 Å². The van der Waals surface area contributed by atoms with Crippen LogP contribution >= 0.6 is 0 Å². The van der Waals surface area contributed by atoms with E-state index in [9.17, 15) is 4.79 Å². The summed E-state index contributed by atoms with van der Waals surface area (Å²) in [5.74, 6) is 1.59. The number of carbonyl (C=O) groups excluding carboxylic acids is 1. The predicted octanol–water partition coefficient (Wildman–Crippen LogP) is 1.36. The molecule has 24 heavy (non-hydrogen) atoms. The molecule has 1 aliphatic heterocycles. The van der Waals surface area contributed by atoms with E-state index in [2.05, 4.69) is 20.0 Å². The number of rotatable bonds is 5. The fourth-order valence-electron chi connectivity index (χ4n) is 3.29. The molecule has 2 aromatic rings. The molecule has 3 rings (SSSR count). The minimum atomic E-state index is 0.0448. The zero-order valence-corrected chi connectivity index (χ0v) is 14.5. The minimum Gasteiger partial charge on any atom is -0.338 e. The van der Waals surface area contributed by atoms with Gasteiger partial charge in [-0.15, -0.1) is 0 Å². The fourth-order valence-corrected chi connectivity index (χ4v) is 3.29. The molecule has 0 unspecified atom stereocenters. The Bertz CT molecular complexity index is 676. The van der Waals surface area contributed by atoms with E-state index < -0.39 is 0 Å². The Morgan fingerprint density at radius 2 is 2.29 bits per heavy atom. The highest BCUT2D eigenvalue weighted by Crippen LogP contribution is 2.20. The van der Waals surface area contributed by atoms with Crippen molar-refractivity contribution in [1.82, 2.24) is 29.5 Å². The molecule has 2 aromatic heterocycles. The number of hydrogen-bond acceptors (Lipinski definition) is 3. The highest BCUT2D eigenvalue weighted by atomic mass is 16.2. The van der Waals surface area contributed by atoms with E-state index in [0.29, 0.717) is 12.5 Å². The van der Waals surface area contributed by atoms with Gasteiger partial charge in [0, 0.05) is 58.7 Å². The number of nitrogens with zero attached hydrogens (tertiary/aromatic N) is 5. The van der Waals surface area contributed by atoms with Gasteiger partial charge >= 0.3 is 6.03 Å². The molecule has 130 valence electrons. The molecular weight excluding hydrogens is 304 g/mol. The van der Waals surface area contributed by atoms with Gasteiger partial charge in [-0.2, -0.15) is 5.10 Å². The van der Waals surface area contributed by atoms with Gasteiger partial charge in [0.15, 0.2) is 0 Å². The lowest BCUT2D eigenvalue weighted by Crippen LogP contribution is -2.46. The number of likely N-dealkylation sites (tertiary alicyclic amines) is 1. The molecule has 0 bridgehead atoms. The predicted molar refractivity (Wildman–Crippen MR) is 91.5 cm³/mol. The van der Waals surface area contributed by atoms with Crippen molar-refractivity contribution in [2.45, 2.75) is 25.7 Å². The lowest BCUT2D eigenvalue weighted by atomic mass is 9.94. The SMILES string of the molecule is Cn1cc(CCNC(=O)N2CCC[C@@H](Cc3nccn3C)C2)cn1. The number of carbonyl (C=O) groups is 1. The highest BCUT2D eigenvalue weighted by Gasteiger charge is 2.24. The van der Waals surface area contributed by atoms with Crippen LogP contribution in [0.15, 0.2) is 24.8 Å². The van der Waals surface area contributed by atoms with Crippen LogP contribution in [0.25, 0.3) is 0 Å². The number of nitrogens with one attached hydrogen (secondary N) is 1. The van der Waals surface area contributed by atoms with Crippen LogP contribution in [0.4, 0.5) is 4.79 Å². The molecule has 0 radical (unpaired) electrons. The summed E-state index contributed by atoms with van der Waals surface area (Å²) in [4.78, 5) is 18.7. The number of imidazole rings is 1. The van der Waals surface area contributed by atoms with Crippen LogP contribution in [0, 0.1) is 5.92 Å². The average molecular weight is 330 g/mol. The first-order valence-corrected chi connectivity index (χ1v) is 8.58. The number of hydrogen-bond donors (Lipinski definition) is 1. The molecule has 1 saturated heterocycles. The summed E-state index contributed by atoms with van der Waals surface area (Å²) in [5.41, 5.74) is 1.14. The first kappa shape index (κ1) is 16.5. The number of piperidine rings is 1. The van der Waals surface area contributed by atoms with Crippen LogP contribution in [0.5, 0.6) is 0 Å². The van der Waals surface area contributed by atoms with E-state index in [1.165, 1.54) is 0 Å². The largest absolute Gasteiger partial charge is 0.338 e. The van der Waals surface area contributed by atoms with Gasteiger partial charge in [0.1, 0.15) is 5.82 Å². The molecule has 7 heteroatoms. The number of amides is 2. The second-order valence-corrected chi connectivity index (χ2v) is 6.62. The first-order chi connectivity index (χ1) is 11.6. The Morgan fingerprint density at radius 1 is 1.42 bits per heavy atom. The minimum absolute atomic E-state index is 0.0448. The first-order valence-electron chi connectivity index (χ1n) is 8.58. The van der Waals surface area contributed by atoms with E-state index in [1.54, 1.807) is 4.68 Å². The molecular formula is C17H26N6O. The molecule has 3 heterocycles. The second kappa shape index (κ2) is 7.51. The van der Waals surface area contributed by atoms with Crippen molar-refractivity contribution in [2.75, 3.05) is 19.6 Å². The lowest BCUT2D eigenvalue weighted by molar-refractivity contribution is 0.164. The lowest BCUT2D eigenvalue weighted by Gasteiger charge is -2.32. The summed E-state index contributed by atoms with van der Waals surface area (Å²) in [6, 6.07) is 0.0448. The number of aryl methyl sites for hydroxylation is 2. The maximum Gasteiger partial charge on any atom is 0.317 e. The molecule has 1 N–H and O–H groups in total. The molecule has 2 amide bonds. The molecule has 1 fully saturated rings. The van der Waals surface area contributed by atoms with Gasteiger partial charge in [0.2, 0.25) is 0 Å². The van der Waals surface area contributed by atoms with Gasteiger partial charge in [0.25, 0.3) is 0 Å². The van der Waals surface area contributed by atoms with Crippen LogP contribution in [0.1, 0.15) is 24.2 Å². The maximum atomic E-state index is 12.4. The van der Waals surface area contributed by atoms with Gasteiger partial charge in [-0.3, -0.25) is 4.68 Å². The summed E-state index contributed by atoms with van der Waals surface area (Å²) in [5, 5.41) is 7.17. The van der Waals surface area contributed by atoms with Crippen LogP contribution in [-0.2, 0) is 26.9 Å². The Hall–Kier alpha value is -2.31. The number of aromatic nitrogens is 4. The third-order valence-corrected chi connectivity index (χ3v) is 4.65. The van der Waals surface area contributed by atoms with E-state index in [-0.39, 0.29) is 6.03 Å². The smallest absolute Gasteiger partial charge is 0.317 e. The molecule has 1 aliphatic rings. The van der Waals surface area contributed by atoms with Crippen molar-refractivity contribution in [1.29, 1.82) is 0 Å². The van der Waals surface area contributed by atoms with Crippen molar-refractivity contribution in [3.8, 4) is 0 Å². The molecule has 0 saturated carbocycles. The van der Waals surface area contributed by atoms with E-state index in [4.69, 9.17) is 0 Å². The quantitative estimate of drug-likeness (QED) is 0.900. The summed E-state index contributed by atoms with van der Waals surface area (Å²) in [6.07, 6.45) is 11.6. The highest BCUT2D eigenvalue weighted by molar-refractivity contribution is 5.74. The normalized spacial score (nSPS) is 17.9. The Kier molecular flexibility index (Phi) is 5.17. The maximum absolute atomic E-state index is 12.4. The van der Waals surface area contributed by atoms with Gasteiger partial charge < -0.3 is 14.8 Å². The van der Waals surface area contributed by atoms with Crippen molar-refractivity contribution < 1.29 is 4.79 Å². The monoisotopic (exact) mass is 330 g/mol. The van der Waals surface area contributed by atoms with Crippen molar-refractivity contribution in [2.24, 2.45) is 20.0 Å². The molecule has 1 atom stereocenters. The Labute approximate surface area is 142 Å². The molecule has 7 nitrogen and oxygen atoms in total. The van der Waals surface area contributed by atoms with Crippen LogP contribution in [0.3, 0.4) is 0 Å². The third kappa shape index (κ3) is 4.15. The van der Waals surface area contributed by atoms with Crippen molar-refractivity contribution in [3.05, 3.63) is 36.2 Å². The fraction of sp³-hybridized carbons (Fsp3) is 0.588. The molecule has 0 spiro atoms. The van der Waals surface area contributed by atoms with Gasteiger partial charge in [0.05, 0.1) is 6.20 Å². The van der Waals surface area contributed by atoms with E-state index in [1.807, 2.05) is 43.8 Å². The van der Waals surface area contributed by atoms with Gasteiger partial charge in [-0.05, 0) is 30.7 Å². The summed E-state index contributed by atoms with van der Waals surface area (Å²) in [7, 11) is 3.92. The second-order valence-electron chi connectivity index (χ2n) is 6.62. The van der Waals surface area contributed by atoms with Crippen LogP contribution in [0.2, 0.25) is 0 Å². The summed E-state index contributed by atoms with van der Waals surface area (Å²) < 4.78 is 3.84. The zero-order chi connectivity index (χ0) is 16.9.